The first-order chi connectivity index (χ1) is 14.6. The van der Waals surface area contributed by atoms with Crippen molar-refractivity contribution in [3.8, 4) is 23.0 Å². The normalized spacial score (nSPS) is 12.9. The number of benzene rings is 2. The Kier molecular flexibility index (Phi) is 5.71. The molecule has 0 spiro atoms. The maximum Gasteiger partial charge on any atom is 0.276 e. The summed E-state index contributed by atoms with van der Waals surface area (Å²) in [6.07, 6.45) is 0.615. The second kappa shape index (κ2) is 8.58. The molecule has 0 N–H and O–H groups in total. The second-order valence-electron chi connectivity index (χ2n) is 6.45. The molecule has 2 heterocycles. The summed E-state index contributed by atoms with van der Waals surface area (Å²) in [6, 6.07) is 12.2. The summed E-state index contributed by atoms with van der Waals surface area (Å²) < 4.78 is 16.2. The lowest BCUT2D eigenvalue weighted by Gasteiger charge is -2.12. The Hall–Kier alpha value is -3.33. The average molecular weight is 425 g/mol. The van der Waals surface area contributed by atoms with Gasteiger partial charge in [-0.05, 0) is 36.8 Å². The van der Waals surface area contributed by atoms with Crippen LogP contribution in [0, 0.1) is 0 Å². The number of thioether (sulfide) groups is 1. The third-order valence-corrected chi connectivity index (χ3v) is 5.57. The number of hydrogen-bond donors (Lipinski definition) is 0. The molecule has 2 amide bonds. The van der Waals surface area contributed by atoms with Gasteiger partial charge >= 0.3 is 0 Å². The molecule has 0 saturated heterocycles. The van der Waals surface area contributed by atoms with Crippen molar-refractivity contribution in [2.45, 2.75) is 11.6 Å². The first-order valence-electron chi connectivity index (χ1n) is 9.26. The number of carbonyl (C=O) groups is 2. The fraction of sp³-hybridized carbons (Fsp3) is 0.238. The van der Waals surface area contributed by atoms with Crippen LogP contribution in [0.25, 0.3) is 11.5 Å². The Balaban J connectivity index is 1.33. The topological polar surface area (TPSA) is 94.8 Å². The molecule has 1 aliphatic rings. The number of imide groups is 1. The lowest BCUT2D eigenvalue weighted by molar-refractivity contribution is 0.0655. The van der Waals surface area contributed by atoms with Crippen LogP contribution in [0.4, 0.5) is 0 Å². The van der Waals surface area contributed by atoms with E-state index in [4.69, 9.17) is 13.9 Å². The van der Waals surface area contributed by atoms with Gasteiger partial charge in [-0.2, -0.15) is 0 Å². The summed E-state index contributed by atoms with van der Waals surface area (Å²) in [7, 11) is 3.13. The largest absolute Gasteiger partial charge is 0.493 e. The van der Waals surface area contributed by atoms with E-state index in [1.807, 2.05) is 6.07 Å². The molecule has 30 heavy (non-hydrogen) atoms. The van der Waals surface area contributed by atoms with Gasteiger partial charge in [0, 0.05) is 17.9 Å². The molecule has 0 atom stereocenters. The van der Waals surface area contributed by atoms with Crippen molar-refractivity contribution < 1.29 is 23.5 Å². The van der Waals surface area contributed by atoms with Gasteiger partial charge in [0.15, 0.2) is 11.5 Å². The summed E-state index contributed by atoms with van der Waals surface area (Å²) in [4.78, 5) is 26.0. The molecule has 9 heteroatoms. The predicted octanol–water partition coefficient (Wildman–Crippen LogP) is 3.53. The Labute approximate surface area is 177 Å². The van der Waals surface area contributed by atoms with Crippen LogP contribution in [0.1, 0.15) is 27.1 Å². The number of ether oxygens (including phenoxy) is 2. The Morgan fingerprint density at radius 2 is 1.67 bits per heavy atom. The molecule has 0 fully saturated rings. The highest BCUT2D eigenvalue weighted by Gasteiger charge is 2.34. The third kappa shape index (κ3) is 3.76. The van der Waals surface area contributed by atoms with E-state index in [0.717, 1.165) is 5.56 Å². The number of hydrogen-bond acceptors (Lipinski definition) is 8. The quantitative estimate of drug-likeness (QED) is 0.307. The molecule has 2 aromatic carbocycles. The van der Waals surface area contributed by atoms with Crippen molar-refractivity contribution in [3.05, 3.63) is 53.6 Å². The molecule has 0 radical (unpaired) electrons. The van der Waals surface area contributed by atoms with Crippen LogP contribution in [-0.4, -0.2) is 53.4 Å². The van der Waals surface area contributed by atoms with Crippen LogP contribution in [0.5, 0.6) is 11.5 Å². The monoisotopic (exact) mass is 425 g/mol. The summed E-state index contributed by atoms with van der Waals surface area (Å²) in [6.45, 7) is 0.343. The number of amides is 2. The van der Waals surface area contributed by atoms with E-state index in [2.05, 4.69) is 10.2 Å². The van der Waals surface area contributed by atoms with E-state index >= 15 is 0 Å². The van der Waals surface area contributed by atoms with Crippen LogP contribution >= 0.6 is 11.8 Å². The second-order valence-corrected chi connectivity index (χ2v) is 7.50. The molecule has 1 aliphatic heterocycles. The molecule has 0 bridgehead atoms. The SMILES string of the molecule is COc1ccc(-c2nnc(SCCCN3C(=O)c4ccccc4C3=O)o2)cc1OC. The van der Waals surface area contributed by atoms with Crippen molar-refractivity contribution in [1.29, 1.82) is 0 Å². The van der Waals surface area contributed by atoms with Gasteiger partial charge in [-0.25, -0.2) is 0 Å². The Morgan fingerprint density at radius 3 is 2.33 bits per heavy atom. The first-order valence-corrected chi connectivity index (χ1v) is 10.2. The maximum atomic E-state index is 12.4. The minimum atomic E-state index is -0.242. The molecule has 154 valence electrons. The van der Waals surface area contributed by atoms with Gasteiger partial charge in [0.25, 0.3) is 17.0 Å². The number of carbonyl (C=O) groups excluding carboxylic acids is 2. The first kappa shape index (κ1) is 20.0. The highest BCUT2D eigenvalue weighted by atomic mass is 32.2. The van der Waals surface area contributed by atoms with E-state index in [9.17, 15) is 9.59 Å². The third-order valence-electron chi connectivity index (χ3n) is 4.67. The van der Waals surface area contributed by atoms with E-state index < -0.39 is 0 Å². The van der Waals surface area contributed by atoms with Crippen molar-refractivity contribution in [2.24, 2.45) is 0 Å². The number of methoxy groups -OCH3 is 2. The zero-order chi connectivity index (χ0) is 21.1. The Morgan fingerprint density at radius 1 is 0.967 bits per heavy atom. The summed E-state index contributed by atoms with van der Waals surface area (Å²) in [5.41, 5.74) is 1.65. The molecule has 0 unspecified atom stereocenters. The van der Waals surface area contributed by atoms with Crippen LogP contribution in [0.15, 0.2) is 52.1 Å². The lowest BCUT2D eigenvalue weighted by atomic mass is 10.1. The van der Waals surface area contributed by atoms with Gasteiger partial charge in [-0.15, -0.1) is 10.2 Å². The molecular formula is C21H19N3O5S. The lowest BCUT2D eigenvalue weighted by Crippen LogP contribution is -2.30. The van der Waals surface area contributed by atoms with Crippen molar-refractivity contribution in [1.82, 2.24) is 15.1 Å². The van der Waals surface area contributed by atoms with Crippen LogP contribution in [0.3, 0.4) is 0 Å². The molecule has 1 aromatic heterocycles. The number of fused-ring (bicyclic) bond motifs is 1. The van der Waals surface area contributed by atoms with Gasteiger partial charge in [0.2, 0.25) is 5.89 Å². The number of rotatable bonds is 8. The molecule has 8 nitrogen and oxygen atoms in total. The van der Waals surface area contributed by atoms with Crippen LogP contribution < -0.4 is 9.47 Å². The van der Waals surface area contributed by atoms with E-state index in [1.54, 1.807) is 50.6 Å². The van der Waals surface area contributed by atoms with Gasteiger partial charge in [0.05, 0.1) is 25.3 Å². The minimum absolute atomic E-state index is 0.242. The summed E-state index contributed by atoms with van der Waals surface area (Å²) >= 11 is 1.38. The smallest absolute Gasteiger partial charge is 0.276 e. The highest BCUT2D eigenvalue weighted by Crippen LogP contribution is 2.32. The van der Waals surface area contributed by atoms with Gasteiger partial charge in [-0.1, -0.05) is 23.9 Å². The summed E-state index contributed by atoms with van der Waals surface area (Å²) in [5, 5.41) is 8.54. The maximum absolute atomic E-state index is 12.4. The fourth-order valence-electron chi connectivity index (χ4n) is 3.18. The molecule has 0 aliphatic carbocycles. The predicted molar refractivity (Wildman–Crippen MR) is 110 cm³/mol. The molecular weight excluding hydrogens is 406 g/mol. The van der Waals surface area contributed by atoms with Gasteiger partial charge in [0.1, 0.15) is 0 Å². The minimum Gasteiger partial charge on any atom is -0.493 e. The Bertz CT molecular complexity index is 1060. The van der Waals surface area contributed by atoms with Crippen molar-refractivity contribution in [3.63, 3.8) is 0 Å². The molecule has 0 saturated carbocycles. The summed E-state index contributed by atoms with van der Waals surface area (Å²) in [5.74, 6) is 1.70. The van der Waals surface area contributed by atoms with E-state index in [1.165, 1.54) is 16.7 Å². The standard InChI is InChI=1S/C21H19N3O5S/c1-27-16-9-8-13(12-17(16)28-2)18-22-23-21(29-18)30-11-5-10-24-19(25)14-6-3-4-7-15(14)20(24)26/h3-4,6-9,12H,5,10-11H2,1-2H3. The van der Waals surface area contributed by atoms with Crippen LogP contribution in [-0.2, 0) is 0 Å². The number of nitrogens with zero attached hydrogens (tertiary/aromatic N) is 3. The molecule has 3 aromatic rings. The van der Waals surface area contributed by atoms with Crippen molar-refractivity contribution >= 4 is 23.6 Å². The fourth-order valence-corrected chi connectivity index (χ4v) is 3.86. The van der Waals surface area contributed by atoms with E-state index in [0.29, 0.717) is 52.5 Å². The zero-order valence-electron chi connectivity index (χ0n) is 16.5. The van der Waals surface area contributed by atoms with Gasteiger partial charge in [-0.3, -0.25) is 14.5 Å². The zero-order valence-corrected chi connectivity index (χ0v) is 17.3. The number of aromatic nitrogens is 2. The highest BCUT2D eigenvalue weighted by molar-refractivity contribution is 7.99. The van der Waals surface area contributed by atoms with Crippen LogP contribution in [0.2, 0.25) is 0 Å². The average Bonchev–Trinajstić information content (AvgIpc) is 3.35. The van der Waals surface area contributed by atoms with Crippen molar-refractivity contribution in [2.75, 3.05) is 26.5 Å². The molecule has 4 rings (SSSR count). The van der Waals surface area contributed by atoms with Gasteiger partial charge < -0.3 is 13.9 Å². The van der Waals surface area contributed by atoms with E-state index in [-0.39, 0.29) is 11.8 Å².